The summed E-state index contributed by atoms with van der Waals surface area (Å²) in [6.45, 7) is 10.7. The number of esters is 1. The quantitative estimate of drug-likeness (QED) is 0.266. The smallest absolute Gasteiger partial charge is 0.408 e. The molecule has 0 spiro atoms. The number of nitrogens with zero attached hydrogens (tertiary/aromatic N) is 1. The molecule has 0 aliphatic heterocycles. The van der Waals surface area contributed by atoms with Gasteiger partial charge in [0.15, 0.2) is 0 Å². The van der Waals surface area contributed by atoms with Crippen LogP contribution in [0.15, 0.2) is 24.3 Å². The Morgan fingerprint density at radius 3 is 2.27 bits per heavy atom. The lowest BCUT2D eigenvalue weighted by atomic mass is 9.95. The Morgan fingerprint density at radius 1 is 1.08 bits per heavy atom. The largest absolute Gasteiger partial charge is 0.508 e. The van der Waals surface area contributed by atoms with E-state index >= 15 is 0 Å². The first kappa shape index (κ1) is 31.7. The van der Waals surface area contributed by atoms with Crippen LogP contribution in [-0.2, 0) is 23.9 Å². The third-order valence-corrected chi connectivity index (χ3v) is 5.86. The second kappa shape index (κ2) is 15.1. The summed E-state index contributed by atoms with van der Waals surface area (Å²) in [6, 6.07) is 4.01. The van der Waals surface area contributed by atoms with Crippen molar-refractivity contribution in [3.8, 4) is 5.75 Å². The average molecular weight is 522 g/mol. The highest BCUT2D eigenvalue weighted by atomic mass is 16.6. The number of carbonyl (C=O) groups excluding carboxylic acids is 4. The number of unbranched alkanes of at least 4 members (excludes halogenated alkanes) is 2. The highest BCUT2D eigenvalue weighted by Crippen LogP contribution is 2.31. The van der Waals surface area contributed by atoms with Crippen molar-refractivity contribution in [1.82, 2.24) is 15.5 Å². The van der Waals surface area contributed by atoms with E-state index in [1.165, 1.54) is 18.1 Å². The molecule has 0 aliphatic rings. The van der Waals surface area contributed by atoms with Gasteiger partial charge in [0.05, 0.1) is 7.11 Å². The molecule has 10 heteroatoms. The molecule has 0 aliphatic carbocycles. The van der Waals surface area contributed by atoms with E-state index in [0.29, 0.717) is 12.8 Å². The zero-order valence-electron chi connectivity index (χ0n) is 23.1. The van der Waals surface area contributed by atoms with E-state index in [0.717, 1.165) is 12.8 Å². The standard InChI is InChI=1S/C27H43N3O7/c1-8-10-13-16-30(25(34)22(18(3)9-2)29-26(35)37-27(4,5)6)23(19-14-11-12-15-20(19)31)24(33)28-17-21(32)36-7/h11-12,14-15,18,22-23,31H,8-10,13,16-17H2,1-7H3,(H,28,33)(H,29,35). The first-order valence-electron chi connectivity index (χ1n) is 12.8. The number of phenols is 1. The molecule has 0 aromatic heterocycles. The first-order chi connectivity index (χ1) is 17.4. The number of alkyl carbamates (subject to hydrolysis) is 1. The van der Waals surface area contributed by atoms with Gasteiger partial charge in [0.2, 0.25) is 11.8 Å². The van der Waals surface area contributed by atoms with Crippen molar-refractivity contribution in [2.75, 3.05) is 20.2 Å². The number of aromatic hydroxyl groups is 1. The van der Waals surface area contributed by atoms with E-state index in [9.17, 15) is 24.3 Å². The Hall–Kier alpha value is -3.30. The van der Waals surface area contributed by atoms with Gasteiger partial charge in [0.1, 0.15) is 30.0 Å². The van der Waals surface area contributed by atoms with Crippen LogP contribution >= 0.6 is 0 Å². The summed E-state index contributed by atoms with van der Waals surface area (Å²) in [4.78, 5) is 53.2. The number of nitrogens with one attached hydrogen (secondary N) is 2. The van der Waals surface area contributed by atoms with Gasteiger partial charge in [-0.25, -0.2) is 4.79 Å². The minimum Gasteiger partial charge on any atom is -0.508 e. The van der Waals surface area contributed by atoms with E-state index in [1.807, 2.05) is 20.8 Å². The van der Waals surface area contributed by atoms with E-state index in [-0.39, 0.29) is 23.8 Å². The number of rotatable bonds is 13. The fourth-order valence-electron chi connectivity index (χ4n) is 3.69. The Balaban J connectivity index is 3.52. The monoisotopic (exact) mass is 521 g/mol. The molecule has 37 heavy (non-hydrogen) atoms. The third kappa shape index (κ3) is 10.3. The molecule has 3 atom stereocenters. The van der Waals surface area contributed by atoms with Crippen molar-refractivity contribution in [3.05, 3.63) is 29.8 Å². The van der Waals surface area contributed by atoms with Crippen LogP contribution in [0.3, 0.4) is 0 Å². The number of phenolic OH excluding ortho intramolecular Hbond substituents is 1. The lowest BCUT2D eigenvalue weighted by Crippen LogP contribution is -2.55. The molecule has 0 bridgehead atoms. The fraction of sp³-hybridized carbons (Fsp3) is 0.630. The maximum Gasteiger partial charge on any atom is 0.408 e. The van der Waals surface area contributed by atoms with Gasteiger partial charge in [0.25, 0.3) is 0 Å². The van der Waals surface area contributed by atoms with Gasteiger partial charge in [0, 0.05) is 12.1 Å². The predicted octanol–water partition coefficient (Wildman–Crippen LogP) is 3.68. The average Bonchev–Trinajstić information content (AvgIpc) is 2.84. The Morgan fingerprint density at radius 2 is 1.73 bits per heavy atom. The van der Waals surface area contributed by atoms with Crippen molar-refractivity contribution >= 4 is 23.9 Å². The number of amides is 3. The summed E-state index contributed by atoms with van der Waals surface area (Å²) < 4.78 is 10.0. The van der Waals surface area contributed by atoms with Crippen LogP contribution in [0.2, 0.25) is 0 Å². The van der Waals surface area contributed by atoms with Crippen molar-refractivity contribution in [2.45, 2.75) is 84.9 Å². The van der Waals surface area contributed by atoms with E-state index < -0.39 is 48.1 Å². The Labute approximate surface area is 220 Å². The second-order valence-electron chi connectivity index (χ2n) is 10.0. The molecule has 3 unspecified atom stereocenters. The SMILES string of the molecule is CCCCCN(C(=O)C(NC(=O)OC(C)(C)C)C(C)CC)C(C(=O)NCC(=O)OC)c1ccccc1O. The van der Waals surface area contributed by atoms with Crippen LogP contribution in [0, 0.1) is 5.92 Å². The molecular weight excluding hydrogens is 478 g/mol. The van der Waals surface area contributed by atoms with E-state index in [1.54, 1.807) is 39.0 Å². The van der Waals surface area contributed by atoms with E-state index in [2.05, 4.69) is 15.4 Å². The molecule has 0 radical (unpaired) electrons. The van der Waals surface area contributed by atoms with Crippen LogP contribution in [0.25, 0.3) is 0 Å². The van der Waals surface area contributed by atoms with Gasteiger partial charge in [-0.15, -0.1) is 0 Å². The van der Waals surface area contributed by atoms with Gasteiger partial charge in [-0.2, -0.15) is 0 Å². The molecule has 3 N–H and O–H groups in total. The number of hydrogen-bond donors (Lipinski definition) is 3. The van der Waals surface area contributed by atoms with Gasteiger partial charge < -0.3 is 30.1 Å². The van der Waals surface area contributed by atoms with E-state index in [4.69, 9.17) is 4.74 Å². The minimum absolute atomic E-state index is 0.172. The number of methoxy groups -OCH3 is 1. The van der Waals surface area contributed by atoms with Crippen molar-refractivity contribution < 1.29 is 33.8 Å². The molecular formula is C27H43N3O7. The zero-order chi connectivity index (χ0) is 28.2. The molecule has 0 heterocycles. The number of benzene rings is 1. The van der Waals surface area contributed by atoms with Crippen molar-refractivity contribution in [1.29, 1.82) is 0 Å². The van der Waals surface area contributed by atoms with Crippen molar-refractivity contribution in [3.63, 3.8) is 0 Å². The fourth-order valence-corrected chi connectivity index (χ4v) is 3.69. The second-order valence-corrected chi connectivity index (χ2v) is 10.0. The first-order valence-corrected chi connectivity index (χ1v) is 12.8. The predicted molar refractivity (Wildman–Crippen MR) is 140 cm³/mol. The lowest BCUT2D eigenvalue weighted by Gasteiger charge is -2.36. The maximum absolute atomic E-state index is 14.1. The molecule has 0 fully saturated rings. The van der Waals surface area contributed by atoms with Crippen LogP contribution in [0.1, 0.15) is 78.8 Å². The summed E-state index contributed by atoms with van der Waals surface area (Å²) >= 11 is 0. The topological polar surface area (TPSA) is 134 Å². The molecule has 0 saturated carbocycles. The summed E-state index contributed by atoms with van der Waals surface area (Å²) in [5, 5.41) is 15.8. The third-order valence-electron chi connectivity index (χ3n) is 5.86. The lowest BCUT2D eigenvalue weighted by molar-refractivity contribution is -0.145. The van der Waals surface area contributed by atoms with Gasteiger partial charge in [-0.1, -0.05) is 58.2 Å². The number of ether oxygens (including phenoxy) is 2. The van der Waals surface area contributed by atoms with Gasteiger partial charge >= 0.3 is 12.1 Å². The number of hydrogen-bond acceptors (Lipinski definition) is 7. The highest BCUT2D eigenvalue weighted by molar-refractivity contribution is 5.93. The summed E-state index contributed by atoms with van der Waals surface area (Å²) in [6.07, 6.45) is 2.10. The minimum atomic E-state index is -1.25. The van der Waals surface area contributed by atoms with Gasteiger partial charge in [-0.05, 0) is 39.2 Å². The van der Waals surface area contributed by atoms with Crippen molar-refractivity contribution in [2.24, 2.45) is 5.92 Å². The van der Waals surface area contributed by atoms with Gasteiger partial charge in [-0.3, -0.25) is 14.4 Å². The summed E-state index contributed by atoms with van der Waals surface area (Å²) in [7, 11) is 1.20. The highest BCUT2D eigenvalue weighted by Gasteiger charge is 2.38. The molecule has 0 saturated heterocycles. The molecule has 10 nitrogen and oxygen atoms in total. The number of para-hydroxylation sites is 1. The molecule has 1 rings (SSSR count). The summed E-state index contributed by atoms with van der Waals surface area (Å²) in [5.74, 6) is -2.25. The van der Waals surface area contributed by atoms with Crippen LogP contribution in [0.5, 0.6) is 5.75 Å². The summed E-state index contributed by atoms with van der Waals surface area (Å²) in [5.41, 5.74) is -0.560. The van der Waals surface area contributed by atoms with Crippen LogP contribution in [-0.4, -0.2) is 65.7 Å². The number of carbonyl (C=O) groups is 4. The van der Waals surface area contributed by atoms with Crippen LogP contribution in [0.4, 0.5) is 4.79 Å². The zero-order valence-corrected chi connectivity index (χ0v) is 23.1. The molecule has 208 valence electrons. The Bertz CT molecular complexity index is 914. The molecule has 1 aromatic rings. The molecule has 3 amide bonds. The molecule has 1 aromatic carbocycles. The van der Waals surface area contributed by atoms with Crippen LogP contribution < -0.4 is 10.6 Å². The Kier molecular flexibility index (Phi) is 12.9. The maximum atomic E-state index is 14.1. The normalized spacial score (nSPS) is 13.6.